The Morgan fingerprint density at radius 3 is 2.75 bits per heavy atom. The summed E-state index contributed by atoms with van der Waals surface area (Å²) in [5.74, 6) is 0. The maximum absolute atomic E-state index is 5.69. The van der Waals surface area contributed by atoms with Gasteiger partial charge in [0.25, 0.3) is 0 Å². The highest BCUT2D eigenvalue weighted by Crippen LogP contribution is 2.17. The standard InChI is InChI=1S/C16H23N3S/c1-4-7-11-18(6-3)19-15-14(9-8-10-17-15)12-13(5-2)16(19)20/h8-10,12H,4-7,11H2,1-3H3. The number of pyridine rings is 2. The number of unbranched alkanes of at least 4 members (excludes halogenated alkanes) is 1. The van der Waals surface area contributed by atoms with E-state index < -0.39 is 0 Å². The molecule has 2 rings (SSSR count). The van der Waals surface area contributed by atoms with Gasteiger partial charge in [-0.25, -0.2) is 9.66 Å². The SMILES string of the molecule is CCCCN(CC)n1c(=S)c(CC)cc2cccnc21. The Labute approximate surface area is 126 Å². The Balaban J connectivity index is 2.64. The minimum atomic E-state index is 0.900. The van der Waals surface area contributed by atoms with Gasteiger partial charge in [-0.15, -0.1) is 0 Å². The summed E-state index contributed by atoms with van der Waals surface area (Å²) in [7, 11) is 0. The summed E-state index contributed by atoms with van der Waals surface area (Å²) >= 11 is 5.69. The maximum Gasteiger partial charge on any atom is 0.159 e. The first-order valence-corrected chi connectivity index (χ1v) is 7.88. The molecule has 4 heteroatoms. The Bertz CT molecular complexity index is 633. The molecular formula is C16H23N3S. The van der Waals surface area contributed by atoms with Crippen molar-refractivity contribution in [1.82, 2.24) is 9.66 Å². The van der Waals surface area contributed by atoms with Crippen LogP contribution >= 0.6 is 12.2 Å². The molecule has 0 aliphatic heterocycles. The molecule has 0 saturated carbocycles. The van der Waals surface area contributed by atoms with Gasteiger partial charge < -0.3 is 5.01 Å². The second kappa shape index (κ2) is 6.84. The molecule has 0 spiro atoms. The lowest BCUT2D eigenvalue weighted by molar-refractivity contribution is 0.577. The molecule has 2 aromatic rings. The molecule has 20 heavy (non-hydrogen) atoms. The molecule has 0 atom stereocenters. The van der Waals surface area contributed by atoms with Crippen LogP contribution in [-0.2, 0) is 6.42 Å². The molecule has 0 saturated heterocycles. The van der Waals surface area contributed by atoms with Crippen molar-refractivity contribution in [2.75, 3.05) is 18.1 Å². The Kier molecular flexibility index (Phi) is 5.12. The average molecular weight is 289 g/mol. The summed E-state index contributed by atoms with van der Waals surface area (Å²) in [6.45, 7) is 8.49. The third-order valence-corrected chi connectivity index (χ3v) is 4.05. The summed E-state index contributed by atoms with van der Waals surface area (Å²) < 4.78 is 3.04. The molecule has 0 N–H and O–H groups in total. The molecule has 0 amide bonds. The number of hydrogen-bond acceptors (Lipinski definition) is 3. The lowest BCUT2D eigenvalue weighted by Gasteiger charge is -2.27. The Morgan fingerprint density at radius 2 is 2.10 bits per heavy atom. The van der Waals surface area contributed by atoms with Gasteiger partial charge in [-0.1, -0.05) is 32.5 Å². The van der Waals surface area contributed by atoms with Crippen LogP contribution in [0.15, 0.2) is 24.4 Å². The van der Waals surface area contributed by atoms with Crippen molar-refractivity contribution in [3.63, 3.8) is 0 Å². The van der Waals surface area contributed by atoms with Gasteiger partial charge in [0.2, 0.25) is 0 Å². The van der Waals surface area contributed by atoms with Crippen molar-refractivity contribution in [2.45, 2.75) is 40.0 Å². The quantitative estimate of drug-likeness (QED) is 0.748. The van der Waals surface area contributed by atoms with Gasteiger partial charge in [0.05, 0.1) is 0 Å². The number of aromatic nitrogens is 2. The predicted octanol–water partition coefficient (Wildman–Crippen LogP) is 4.09. The number of nitrogens with zero attached hydrogens (tertiary/aromatic N) is 3. The van der Waals surface area contributed by atoms with Crippen LogP contribution in [0, 0.1) is 4.64 Å². The zero-order chi connectivity index (χ0) is 14.5. The average Bonchev–Trinajstić information content (AvgIpc) is 2.49. The van der Waals surface area contributed by atoms with E-state index in [4.69, 9.17) is 12.2 Å². The zero-order valence-electron chi connectivity index (χ0n) is 12.6. The summed E-state index contributed by atoms with van der Waals surface area (Å²) in [5.41, 5.74) is 2.18. The van der Waals surface area contributed by atoms with Crippen molar-refractivity contribution in [2.24, 2.45) is 0 Å². The minimum Gasteiger partial charge on any atom is -0.310 e. The third-order valence-electron chi connectivity index (χ3n) is 3.61. The molecule has 0 aliphatic rings. The van der Waals surface area contributed by atoms with E-state index >= 15 is 0 Å². The molecule has 2 heterocycles. The van der Waals surface area contributed by atoms with Gasteiger partial charge in [0, 0.05) is 24.7 Å². The van der Waals surface area contributed by atoms with Gasteiger partial charge in [-0.05, 0) is 43.5 Å². The molecule has 0 bridgehead atoms. The lowest BCUT2D eigenvalue weighted by Crippen LogP contribution is -2.36. The van der Waals surface area contributed by atoms with Gasteiger partial charge in [-0.2, -0.15) is 0 Å². The lowest BCUT2D eigenvalue weighted by atomic mass is 10.2. The fraction of sp³-hybridized carbons (Fsp3) is 0.500. The first-order valence-electron chi connectivity index (χ1n) is 7.47. The van der Waals surface area contributed by atoms with Gasteiger partial charge in [-0.3, -0.25) is 0 Å². The molecule has 3 nitrogen and oxygen atoms in total. The highest BCUT2D eigenvalue weighted by atomic mass is 32.1. The second-order valence-electron chi connectivity index (χ2n) is 4.96. The zero-order valence-corrected chi connectivity index (χ0v) is 13.4. The van der Waals surface area contributed by atoms with Crippen molar-refractivity contribution < 1.29 is 0 Å². The Hall–Kier alpha value is -1.42. The van der Waals surface area contributed by atoms with Crippen LogP contribution in [0.2, 0.25) is 0 Å². The van der Waals surface area contributed by atoms with Crippen LogP contribution in [-0.4, -0.2) is 22.7 Å². The van der Waals surface area contributed by atoms with Crippen molar-refractivity contribution >= 4 is 23.3 Å². The van der Waals surface area contributed by atoms with Gasteiger partial charge in [0.1, 0.15) is 4.64 Å². The first kappa shape index (κ1) is 15.0. The highest BCUT2D eigenvalue weighted by molar-refractivity contribution is 7.71. The van der Waals surface area contributed by atoms with E-state index in [9.17, 15) is 0 Å². The van der Waals surface area contributed by atoms with Crippen LogP contribution < -0.4 is 5.01 Å². The van der Waals surface area contributed by atoms with Gasteiger partial charge >= 0.3 is 0 Å². The van der Waals surface area contributed by atoms with Crippen molar-refractivity contribution in [3.05, 3.63) is 34.6 Å². The molecule has 108 valence electrons. The maximum atomic E-state index is 5.69. The second-order valence-corrected chi connectivity index (χ2v) is 5.34. The van der Waals surface area contributed by atoms with E-state index in [1.54, 1.807) is 0 Å². The number of fused-ring (bicyclic) bond motifs is 1. The largest absolute Gasteiger partial charge is 0.310 e. The number of hydrogen-bond donors (Lipinski definition) is 0. The van der Waals surface area contributed by atoms with Crippen LogP contribution in [0.1, 0.15) is 39.2 Å². The summed E-state index contributed by atoms with van der Waals surface area (Å²) in [6, 6.07) is 6.27. The summed E-state index contributed by atoms with van der Waals surface area (Å²) in [5, 5.41) is 3.47. The molecule has 0 fully saturated rings. The topological polar surface area (TPSA) is 21.1 Å². The fourth-order valence-electron chi connectivity index (χ4n) is 2.44. The normalized spacial score (nSPS) is 10.9. The monoisotopic (exact) mass is 289 g/mol. The predicted molar refractivity (Wildman–Crippen MR) is 88.5 cm³/mol. The first-order chi connectivity index (χ1) is 9.72. The van der Waals surface area contributed by atoms with E-state index in [0.29, 0.717) is 0 Å². The highest BCUT2D eigenvalue weighted by Gasteiger charge is 2.11. The van der Waals surface area contributed by atoms with Gasteiger partial charge in [0.15, 0.2) is 5.65 Å². The summed E-state index contributed by atoms with van der Waals surface area (Å²) in [6.07, 6.45) is 5.14. The Morgan fingerprint density at radius 1 is 1.30 bits per heavy atom. The molecule has 0 unspecified atom stereocenters. The molecule has 0 aliphatic carbocycles. The van der Waals surface area contributed by atoms with E-state index in [0.717, 1.165) is 35.2 Å². The number of rotatable bonds is 6. The minimum absolute atomic E-state index is 0.900. The molecular weight excluding hydrogens is 266 g/mol. The molecule has 0 radical (unpaired) electrons. The van der Waals surface area contributed by atoms with Crippen LogP contribution in [0.4, 0.5) is 0 Å². The van der Waals surface area contributed by atoms with Crippen LogP contribution in [0.3, 0.4) is 0 Å². The molecule has 0 aromatic carbocycles. The third kappa shape index (κ3) is 2.85. The smallest absolute Gasteiger partial charge is 0.159 e. The van der Waals surface area contributed by atoms with E-state index in [2.05, 4.69) is 47.6 Å². The van der Waals surface area contributed by atoms with Crippen molar-refractivity contribution in [1.29, 1.82) is 0 Å². The fourth-order valence-corrected chi connectivity index (χ4v) is 2.84. The van der Waals surface area contributed by atoms with Crippen LogP contribution in [0.25, 0.3) is 11.0 Å². The van der Waals surface area contributed by atoms with Crippen LogP contribution in [0.5, 0.6) is 0 Å². The summed E-state index contributed by atoms with van der Waals surface area (Å²) in [4.78, 5) is 4.55. The van der Waals surface area contributed by atoms with E-state index in [-0.39, 0.29) is 0 Å². The van der Waals surface area contributed by atoms with E-state index in [1.165, 1.54) is 18.4 Å². The van der Waals surface area contributed by atoms with Crippen molar-refractivity contribution in [3.8, 4) is 0 Å². The molecule has 2 aromatic heterocycles. The van der Waals surface area contributed by atoms with E-state index in [1.807, 2.05) is 12.3 Å². The number of aryl methyl sites for hydroxylation is 1.